The number of carbonyl (C=O) groups excluding carboxylic acids is 1. The van der Waals surface area contributed by atoms with E-state index in [9.17, 15) is 4.79 Å². The van der Waals surface area contributed by atoms with Gasteiger partial charge < -0.3 is 29.3 Å². The second-order valence-corrected chi connectivity index (χ2v) is 12.7. The van der Waals surface area contributed by atoms with Crippen LogP contribution in [0.1, 0.15) is 25.8 Å². The minimum absolute atomic E-state index is 0.0217. The largest absolute Gasteiger partial charge is 0.491 e. The van der Waals surface area contributed by atoms with Gasteiger partial charge in [-0.1, -0.05) is 42.8 Å². The first-order chi connectivity index (χ1) is 23.2. The molecular formula is C36H44Cl2N6O4. The lowest BCUT2D eigenvalue weighted by atomic mass is 10.1. The normalized spacial score (nSPS) is 19.8. The van der Waals surface area contributed by atoms with E-state index in [4.69, 9.17) is 37.4 Å². The summed E-state index contributed by atoms with van der Waals surface area (Å²) in [5.41, 5.74) is 3.78. The summed E-state index contributed by atoms with van der Waals surface area (Å²) in [6, 6.07) is 21.3. The highest BCUT2D eigenvalue weighted by atomic mass is 35.5. The third-order valence-electron chi connectivity index (χ3n) is 8.84. The molecule has 2 aliphatic heterocycles. The molecular weight excluding hydrogens is 651 g/mol. The van der Waals surface area contributed by atoms with Gasteiger partial charge in [0.05, 0.1) is 24.2 Å². The van der Waals surface area contributed by atoms with Crippen LogP contribution in [0.15, 0.2) is 84.6 Å². The van der Waals surface area contributed by atoms with Crippen molar-refractivity contribution >= 4 is 53.0 Å². The van der Waals surface area contributed by atoms with Crippen LogP contribution in [0, 0.1) is 0 Å². The smallest absolute Gasteiger partial charge is 0.344 e. The SMILES string of the molecule is C=CNCC1(c2ccc(Cl)cc2Cl)OCC(COc2ccc(N3CCN(c4ccc(N(C)C(=O)N(N=C)C(C)CC)cc4)CC3)cc2)O1. The van der Waals surface area contributed by atoms with E-state index in [1.807, 2.05) is 44.2 Å². The standard InChI is InChI=1S/C36H44Cl2N6O4/c1-6-26(3)44(39-4)35(45)41(5)28-9-11-29(12-10-28)42-18-20-43(21-19-42)30-13-15-31(16-14-30)46-23-32-24-47-36(48-32,25-40-7-2)33-17-8-27(37)22-34(33)38/h7-17,22,26,32,40H,2,4,6,18-21,23-25H2,1,3,5H3. The molecule has 0 saturated carbocycles. The van der Waals surface area contributed by atoms with Gasteiger partial charge in [0, 0.05) is 67.6 Å². The molecule has 12 heteroatoms. The Bertz CT molecular complexity index is 1550. The summed E-state index contributed by atoms with van der Waals surface area (Å²) in [7, 11) is 1.76. The number of amides is 2. The fraction of sp³-hybridized carbons (Fsp3) is 0.389. The van der Waals surface area contributed by atoms with Crippen LogP contribution in [0.4, 0.5) is 21.9 Å². The fourth-order valence-electron chi connectivity index (χ4n) is 5.86. The minimum atomic E-state index is -1.08. The molecule has 2 amide bonds. The van der Waals surface area contributed by atoms with Crippen molar-refractivity contribution in [1.82, 2.24) is 10.3 Å². The summed E-state index contributed by atoms with van der Waals surface area (Å²) in [5.74, 6) is -0.321. The maximum absolute atomic E-state index is 12.9. The number of hydrogen-bond acceptors (Lipinski definition) is 8. The third-order valence-corrected chi connectivity index (χ3v) is 9.39. The maximum Gasteiger partial charge on any atom is 0.344 e. The second kappa shape index (κ2) is 16.0. The van der Waals surface area contributed by atoms with E-state index in [0.717, 1.165) is 55.4 Å². The molecule has 0 bridgehead atoms. The van der Waals surface area contributed by atoms with Crippen molar-refractivity contribution in [1.29, 1.82) is 0 Å². The third kappa shape index (κ3) is 8.01. The lowest BCUT2D eigenvalue weighted by Crippen LogP contribution is -2.46. The molecule has 0 aliphatic carbocycles. The molecule has 1 N–H and O–H groups in total. The van der Waals surface area contributed by atoms with E-state index in [1.54, 1.807) is 30.3 Å². The average Bonchev–Trinajstić information content (AvgIpc) is 3.53. The molecule has 2 heterocycles. The summed E-state index contributed by atoms with van der Waals surface area (Å²) in [5, 5.41) is 9.46. The molecule has 0 aromatic heterocycles. The summed E-state index contributed by atoms with van der Waals surface area (Å²) in [6.07, 6.45) is 2.09. The average molecular weight is 696 g/mol. The van der Waals surface area contributed by atoms with Crippen molar-refractivity contribution in [3.63, 3.8) is 0 Å². The maximum atomic E-state index is 12.9. The van der Waals surface area contributed by atoms with Crippen LogP contribution in [0.5, 0.6) is 5.75 Å². The van der Waals surface area contributed by atoms with Crippen molar-refractivity contribution in [2.24, 2.45) is 5.10 Å². The van der Waals surface area contributed by atoms with Crippen LogP contribution in [-0.4, -0.2) is 82.9 Å². The van der Waals surface area contributed by atoms with Gasteiger partial charge in [-0.05, 0) is 80.2 Å². The number of rotatable bonds is 13. The number of nitrogens with zero attached hydrogens (tertiary/aromatic N) is 5. The Morgan fingerprint density at radius 2 is 1.71 bits per heavy atom. The van der Waals surface area contributed by atoms with Gasteiger partial charge in [0.15, 0.2) is 0 Å². The van der Waals surface area contributed by atoms with E-state index in [2.05, 4.69) is 57.8 Å². The Labute approximate surface area is 293 Å². The van der Waals surface area contributed by atoms with Gasteiger partial charge in [0.1, 0.15) is 18.5 Å². The zero-order valence-electron chi connectivity index (χ0n) is 27.8. The summed E-state index contributed by atoms with van der Waals surface area (Å²) >= 11 is 12.6. The number of piperazine rings is 1. The first-order valence-corrected chi connectivity index (χ1v) is 16.9. The van der Waals surface area contributed by atoms with Gasteiger partial charge >= 0.3 is 6.03 Å². The van der Waals surface area contributed by atoms with Crippen molar-refractivity contribution in [2.75, 3.05) is 67.7 Å². The molecule has 2 fully saturated rings. The summed E-state index contributed by atoms with van der Waals surface area (Å²) < 4.78 is 18.6. The van der Waals surface area contributed by atoms with Crippen molar-refractivity contribution in [3.05, 3.63) is 95.1 Å². The quantitative estimate of drug-likeness (QED) is 0.153. The van der Waals surface area contributed by atoms with Crippen LogP contribution < -0.4 is 24.8 Å². The number of hydrogen-bond donors (Lipinski definition) is 1. The Hall–Kier alpha value is -3.96. The molecule has 256 valence electrons. The highest BCUT2D eigenvalue weighted by molar-refractivity contribution is 6.35. The number of benzene rings is 3. The van der Waals surface area contributed by atoms with Crippen LogP contribution >= 0.6 is 23.2 Å². The first kappa shape index (κ1) is 35.3. The Kier molecular flexibility index (Phi) is 11.8. The number of hydrazone groups is 1. The predicted molar refractivity (Wildman–Crippen MR) is 195 cm³/mol. The molecule has 3 aromatic rings. The van der Waals surface area contributed by atoms with Gasteiger partial charge in [-0.25, -0.2) is 9.80 Å². The van der Waals surface area contributed by atoms with Crippen LogP contribution in [-0.2, 0) is 15.3 Å². The molecule has 3 unspecified atom stereocenters. The highest BCUT2D eigenvalue weighted by Gasteiger charge is 2.44. The van der Waals surface area contributed by atoms with E-state index in [0.29, 0.717) is 35.4 Å². The number of nitrogens with one attached hydrogen (secondary N) is 1. The molecule has 0 radical (unpaired) electrons. The zero-order chi connectivity index (χ0) is 34.3. The molecule has 3 atom stereocenters. The van der Waals surface area contributed by atoms with Crippen LogP contribution in [0.25, 0.3) is 0 Å². The van der Waals surface area contributed by atoms with Crippen LogP contribution in [0.3, 0.4) is 0 Å². The van der Waals surface area contributed by atoms with E-state index in [-0.39, 0.29) is 18.2 Å². The first-order valence-electron chi connectivity index (χ1n) is 16.2. The van der Waals surface area contributed by atoms with Crippen molar-refractivity contribution in [3.8, 4) is 5.75 Å². The number of halogens is 2. The van der Waals surface area contributed by atoms with Gasteiger partial charge in [0.25, 0.3) is 0 Å². The zero-order valence-corrected chi connectivity index (χ0v) is 29.3. The fourth-order valence-corrected chi connectivity index (χ4v) is 6.41. The molecule has 0 spiro atoms. The number of anilines is 3. The molecule has 10 nitrogen and oxygen atoms in total. The highest BCUT2D eigenvalue weighted by Crippen LogP contribution is 2.39. The Morgan fingerprint density at radius 3 is 2.27 bits per heavy atom. The molecule has 48 heavy (non-hydrogen) atoms. The molecule has 5 rings (SSSR count). The predicted octanol–water partition coefficient (Wildman–Crippen LogP) is 6.97. The summed E-state index contributed by atoms with van der Waals surface area (Å²) in [6.45, 7) is 15.8. The molecule has 2 aliphatic rings. The number of carbonyl (C=O) groups is 1. The Morgan fingerprint density at radius 1 is 1.08 bits per heavy atom. The monoisotopic (exact) mass is 694 g/mol. The van der Waals surface area contributed by atoms with Crippen LogP contribution in [0.2, 0.25) is 10.0 Å². The minimum Gasteiger partial charge on any atom is -0.491 e. The van der Waals surface area contributed by atoms with Gasteiger partial charge in [-0.15, -0.1) is 0 Å². The number of ether oxygens (including phenoxy) is 3. The Balaban J connectivity index is 1.11. The lowest BCUT2D eigenvalue weighted by Gasteiger charge is -2.37. The van der Waals surface area contributed by atoms with Gasteiger partial charge in [-0.3, -0.25) is 4.90 Å². The summed E-state index contributed by atoms with van der Waals surface area (Å²) in [4.78, 5) is 19.3. The molecule has 3 aromatic carbocycles. The van der Waals surface area contributed by atoms with Gasteiger partial charge in [-0.2, -0.15) is 5.10 Å². The second-order valence-electron chi connectivity index (χ2n) is 11.9. The topological polar surface area (TPSA) is 82.1 Å². The van der Waals surface area contributed by atoms with Gasteiger partial charge in [0.2, 0.25) is 5.79 Å². The van der Waals surface area contributed by atoms with E-state index >= 15 is 0 Å². The van der Waals surface area contributed by atoms with Crippen molar-refractivity contribution in [2.45, 2.75) is 38.2 Å². The molecule has 2 saturated heterocycles. The number of urea groups is 1. The van der Waals surface area contributed by atoms with E-state index in [1.165, 1.54) is 5.01 Å². The lowest BCUT2D eigenvalue weighted by molar-refractivity contribution is -0.174. The van der Waals surface area contributed by atoms with E-state index < -0.39 is 5.79 Å². The van der Waals surface area contributed by atoms with Crippen molar-refractivity contribution < 1.29 is 19.0 Å².